The third-order valence-corrected chi connectivity index (χ3v) is 4.25. The van der Waals surface area contributed by atoms with Crippen LogP contribution < -0.4 is 5.32 Å². The molecule has 2 aromatic rings. The summed E-state index contributed by atoms with van der Waals surface area (Å²) in [7, 11) is 0. The molecule has 0 aliphatic carbocycles. The molecule has 8 heteroatoms. The number of rotatable bonds is 6. The van der Waals surface area contributed by atoms with E-state index in [1.54, 1.807) is 11.1 Å². The molecule has 1 saturated heterocycles. The molecule has 1 atom stereocenters. The highest BCUT2D eigenvalue weighted by Crippen LogP contribution is 2.15. The van der Waals surface area contributed by atoms with E-state index >= 15 is 0 Å². The fourth-order valence-corrected chi connectivity index (χ4v) is 2.78. The average Bonchev–Trinajstić information content (AvgIpc) is 3.15. The standard InChI is InChI=1S/C18H25N5O3/c1-13(2)17-21-16(26-22-17)10-20-18(24)23-9-5-7-15(11-23)25-12-14-6-3-4-8-19-14/h3-4,6,8,13,15H,5,7,9-12H2,1-2H3,(H,20,24)/t15-/m0/s1. The Kier molecular flexibility index (Phi) is 6.17. The molecule has 2 aromatic heterocycles. The summed E-state index contributed by atoms with van der Waals surface area (Å²) in [6.45, 7) is 5.96. The number of likely N-dealkylation sites (tertiary alicyclic amines) is 1. The number of nitrogens with one attached hydrogen (secondary N) is 1. The van der Waals surface area contributed by atoms with Gasteiger partial charge in [0.1, 0.15) is 0 Å². The van der Waals surface area contributed by atoms with Gasteiger partial charge in [-0.25, -0.2) is 4.79 Å². The van der Waals surface area contributed by atoms with Crippen LogP contribution >= 0.6 is 0 Å². The maximum Gasteiger partial charge on any atom is 0.317 e. The number of carbonyl (C=O) groups excluding carboxylic acids is 1. The maximum absolute atomic E-state index is 12.4. The van der Waals surface area contributed by atoms with Gasteiger partial charge in [-0.15, -0.1) is 0 Å². The Balaban J connectivity index is 1.44. The zero-order valence-corrected chi connectivity index (χ0v) is 15.2. The van der Waals surface area contributed by atoms with Gasteiger partial charge in [-0.05, 0) is 25.0 Å². The topological polar surface area (TPSA) is 93.4 Å². The SMILES string of the molecule is CC(C)c1noc(CNC(=O)N2CCC[C@H](OCc3ccccn3)C2)n1. The molecule has 8 nitrogen and oxygen atoms in total. The van der Waals surface area contributed by atoms with Crippen molar-refractivity contribution in [1.29, 1.82) is 0 Å². The van der Waals surface area contributed by atoms with E-state index in [1.807, 2.05) is 32.0 Å². The Morgan fingerprint density at radius 1 is 1.46 bits per heavy atom. The molecule has 3 heterocycles. The van der Waals surface area contributed by atoms with Crippen molar-refractivity contribution in [3.05, 3.63) is 41.8 Å². The van der Waals surface area contributed by atoms with Crippen molar-refractivity contribution in [2.45, 2.75) is 51.9 Å². The van der Waals surface area contributed by atoms with Crippen molar-refractivity contribution in [3.8, 4) is 0 Å². The molecule has 0 bridgehead atoms. The zero-order chi connectivity index (χ0) is 18.4. The van der Waals surface area contributed by atoms with Crippen LogP contribution in [0.25, 0.3) is 0 Å². The lowest BCUT2D eigenvalue weighted by molar-refractivity contribution is -0.00173. The molecule has 1 aliphatic rings. The van der Waals surface area contributed by atoms with Crippen molar-refractivity contribution >= 4 is 6.03 Å². The number of piperidine rings is 1. The lowest BCUT2D eigenvalue weighted by Gasteiger charge is -2.32. The van der Waals surface area contributed by atoms with Gasteiger partial charge in [-0.1, -0.05) is 25.1 Å². The molecular weight excluding hydrogens is 334 g/mol. The van der Waals surface area contributed by atoms with Crippen molar-refractivity contribution in [3.63, 3.8) is 0 Å². The summed E-state index contributed by atoms with van der Waals surface area (Å²) in [4.78, 5) is 22.7. The number of pyridine rings is 1. The van der Waals surface area contributed by atoms with Crippen LogP contribution in [0, 0.1) is 0 Å². The molecule has 0 radical (unpaired) electrons. The number of hydrogen-bond donors (Lipinski definition) is 1. The molecule has 0 unspecified atom stereocenters. The van der Waals surface area contributed by atoms with E-state index in [9.17, 15) is 4.79 Å². The van der Waals surface area contributed by atoms with E-state index in [1.165, 1.54) is 0 Å². The Hall–Kier alpha value is -2.48. The second kappa shape index (κ2) is 8.75. The van der Waals surface area contributed by atoms with Crippen molar-refractivity contribution < 1.29 is 14.1 Å². The number of ether oxygens (including phenoxy) is 1. The number of carbonyl (C=O) groups is 1. The van der Waals surface area contributed by atoms with Gasteiger partial charge in [0.2, 0.25) is 5.89 Å². The first-order valence-corrected chi connectivity index (χ1v) is 8.98. The Bertz CT molecular complexity index is 704. The van der Waals surface area contributed by atoms with Crippen LogP contribution in [0.3, 0.4) is 0 Å². The smallest absolute Gasteiger partial charge is 0.317 e. The van der Waals surface area contributed by atoms with Gasteiger partial charge in [-0.2, -0.15) is 4.98 Å². The Morgan fingerprint density at radius 3 is 3.08 bits per heavy atom. The minimum absolute atomic E-state index is 0.0208. The van der Waals surface area contributed by atoms with Crippen molar-refractivity contribution in [1.82, 2.24) is 25.3 Å². The maximum atomic E-state index is 12.4. The average molecular weight is 359 g/mol. The second-order valence-corrected chi connectivity index (χ2v) is 6.70. The largest absolute Gasteiger partial charge is 0.370 e. The van der Waals surface area contributed by atoms with E-state index in [0.717, 1.165) is 25.1 Å². The Labute approximate surface area is 152 Å². The quantitative estimate of drug-likeness (QED) is 0.852. The highest BCUT2D eigenvalue weighted by Gasteiger charge is 2.24. The highest BCUT2D eigenvalue weighted by molar-refractivity contribution is 5.74. The molecule has 0 aromatic carbocycles. The molecule has 2 amide bonds. The predicted molar refractivity (Wildman–Crippen MR) is 94.2 cm³/mol. The van der Waals surface area contributed by atoms with Crippen LogP contribution in [-0.4, -0.2) is 45.2 Å². The second-order valence-electron chi connectivity index (χ2n) is 6.70. The summed E-state index contributed by atoms with van der Waals surface area (Å²) < 4.78 is 11.1. The highest BCUT2D eigenvalue weighted by atomic mass is 16.5. The fourth-order valence-electron chi connectivity index (χ4n) is 2.78. The summed E-state index contributed by atoms with van der Waals surface area (Å²) in [5, 5.41) is 6.73. The predicted octanol–water partition coefficient (Wildman–Crippen LogP) is 2.48. The number of hydrogen-bond acceptors (Lipinski definition) is 6. The van der Waals surface area contributed by atoms with Crippen LogP contribution in [0.2, 0.25) is 0 Å². The molecule has 1 N–H and O–H groups in total. The first-order valence-electron chi connectivity index (χ1n) is 8.98. The normalized spacial score (nSPS) is 17.5. The number of nitrogens with zero attached hydrogens (tertiary/aromatic N) is 4. The van der Waals surface area contributed by atoms with Gasteiger partial charge in [0.05, 0.1) is 24.9 Å². The van der Waals surface area contributed by atoms with E-state index in [0.29, 0.717) is 24.9 Å². The lowest BCUT2D eigenvalue weighted by atomic mass is 10.1. The molecule has 1 aliphatic heterocycles. The van der Waals surface area contributed by atoms with E-state index in [-0.39, 0.29) is 24.6 Å². The number of aromatic nitrogens is 3. The molecule has 0 saturated carbocycles. The van der Waals surface area contributed by atoms with E-state index in [2.05, 4.69) is 20.4 Å². The molecule has 140 valence electrons. The summed E-state index contributed by atoms with van der Waals surface area (Å²) in [6.07, 6.45) is 3.63. The first kappa shape index (κ1) is 18.3. The fraction of sp³-hybridized carbons (Fsp3) is 0.556. The number of amides is 2. The molecule has 0 spiro atoms. The first-order chi connectivity index (χ1) is 12.6. The number of urea groups is 1. The van der Waals surface area contributed by atoms with Crippen LogP contribution in [0.5, 0.6) is 0 Å². The van der Waals surface area contributed by atoms with Gasteiger partial charge >= 0.3 is 6.03 Å². The van der Waals surface area contributed by atoms with Crippen molar-refractivity contribution in [2.24, 2.45) is 0 Å². The van der Waals surface area contributed by atoms with Crippen LogP contribution in [0.15, 0.2) is 28.9 Å². The minimum atomic E-state index is -0.138. The van der Waals surface area contributed by atoms with Gasteiger partial charge in [0, 0.05) is 25.2 Å². The van der Waals surface area contributed by atoms with Gasteiger partial charge < -0.3 is 19.5 Å². The molecular formula is C18H25N5O3. The zero-order valence-electron chi connectivity index (χ0n) is 15.2. The van der Waals surface area contributed by atoms with Crippen LogP contribution in [-0.2, 0) is 17.9 Å². The van der Waals surface area contributed by atoms with Crippen LogP contribution in [0.4, 0.5) is 4.79 Å². The van der Waals surface area contributed by atoms with Crippen molar-refractivity contribution in [2.75, 3.05) is 13.1 Å². The minimum Gasteiger partial charge on any atom is -0.370 e. The summed E-state index contributed by atoms with van der Waals surface area (Å²) in [5.41, 5.74) is 0.895. The third-order valence-electron chi connectivity index (χ3n) is 4.25. The van der Waals surface area contributed by atoms with Gasteiger partial charge in [0.25, 0.3) is 0 Å². The third kappa shape index (κ3) is 5.01. The summed E-state index contributed by atoms with van der Waals surface area (Å²) >= 11 is 0. The summed E-state index contributed by atoms with van der Waals surface area (Å²) in [5.74, 6) is 1.26. The summed E-state index contributed by atoms with van der Waals surface area (Å²) in [6, 6.07) is 5.61. The van der Waals surface area contributed by atoms with E-state index < -0.39 is 0 Å². The molecule has 1 fully saturated rings. The van der Waals surface area contributed by atoms with Crippen LogP contribution in [0.1, 0.15) is 50.0 Å². The monoisotopic (exact) mass is 359 g/mol. The lowest BCUT2D eigenvalue weighted by Crippen LogP contribution is -2.47. The molecule has 26 heavy (non-hydrogen) atoms. The van der Waals surface area contributed by atoms with Gasteiger partial charge in [0.15, 0.2) is 5.82 Å². The van der Waals surface area contributed by atoms with E-state index in [4.69, 9.17) is 9.26 Å². The van der Waals surface area contributed by atoms with Gasteiger partial charge in [-0.3, -0.25) is 4.98 Å². The Morgan fingerprint density at radius 2 is 2.35 bits per heavy atom. The molecule has 3 rings (SSSR count).